The minimum Gasteiger partial charge on any atom is -0.493 e. The predicted molar refractivity (Wildman–Crippen MR) is 121 cm³/mol. The average molecular weight is 449 g/mol. The highest BCUT2D eigenvalue weighted by molar-refractivity contribution is 7.88. The van der Waals surface area contributed by atoms with Gasteiger partial charge in [0.25, 0.3) is 0 Å². The van der Waals surface area contributed by atoms with Crippen molar-refractivity contribution in [3.05, 3.63) is 59.7 Å². The summed E-state index contributed by atoms with van der Waals surface area (Å²) in [4.78, 5) is 2.32. The molecule has 0 saturated carbocycles. The molecule has 31 heavy (non-hydrogen) atoms. The number of para-hydroxylation sites is 1. The van der Waals surface area contributed by atoms with Gasteiger partial charge in [0, 0.05) is 31.7 Å². The molecule has 2 aromatic carbocycles. The first-order chi connectivity index (χ1) is 15.0. The second kappa shape index (κ2) is 11.5. The maximum absolute atomic E-state index is 13.4. The largest absolute Gasteiger partial charge is 0.493 e. The number of sulfonamides is 1. The quantitative estimate of drug-likeness (QED) is 0.527. The van der Waals surface area contributed by atoms with Crippen LogP contribution in [0.1, 0.15) is 17.5 Å². The third-order valence-corrected chi connectivity index (χ3v) is 7.20. The molecule has 170 valence electrons. The lowest BCUT2D eigenvalue weighted by molar-refractivity contribution is 0.0368. The lowest BCUT2D eigenvalue weighted by atomic mass is 10.2. The molecule has 1 aliphatic heterocycles. The Hall–Kier alpha value is -2.13. The number of rotatable bonds is 11. The lowest BCUT2D eigenvalue weighted by Crippen LogP contribution is -2.39. The van der Waals surface area contributed by atoms with Crippen LogP contribution in [0.25, 0.3) is 0 Å². The monoisotopic (exact) mass is 448 g/mol. The van der Waals surface area contributed by atoms with Crippen molar-refractivity contribution in [2.45, 2.75) is 18.7 Å². The topological polar surface area (TPSA) is 68.3 Å². The van der Waals surface area contributed by atoms with E-state index in [0.717, 1.165) is 50.4 Å². The third kappa shape index (κ3) is 6.67. The van der Waals surface area contributed by atoms with Crippen molar-refractivity contribution in [2.75, 3.05) is 53.6 Å². The van der Waals surface area contributed by atoms with Crippen LogP contribution in [0, 0.1) is 0 Å². The Balaban J connectivity index is 1.78. The van der Waals surface area contributed by atoms with E-state index in [4.69, 9.17) is 14.2 Å². The van der Waals surface area contributed by atoms with Gasteiger partial charge in [0.2, 0.25) is 10.0 Å². The molecule has 0 amide bonds. The number of hydrogen-bond acceptors (Lipinski definition) is 6. The highest BCUT2D eigenvalue weighted by Crippen LogP contribution is 2.32. The van der Waals surface area contributed by atoms with Gasteiger partial charge in [-0.15, -0.1) is 0 Å². The summed E-state index contributed by atoms with van der Waals surface area (Å²) in [7, 11) is -0.378. The first-order valence-corrected chi connectivity index (χ1v) is 12.2. The van der Waals surface area contributed by atoms with Gasteiger partial charge in [-0.1, -0.05) is 42.5 Å². The lowest BCUT2D eigenvalue weighted by Gasteiger charge is -2.28. The van der Waals surface area contributed by atoms with Crippen LogP contribution in [-0.4, -0.2) is 71.2 Å². The molecule has 7 nitrogen and oxygen atoms in total. The maximum atomic E-state index is 13.4. The summed E-state index contributed by atoms with van der Waals surface area (Å²) in [6.07, 6.45) is 0.750. The zero-order valence-corrected chi connectivity index (χ0v) is 19.1. The van der Waals surface area contributed by atoms with Crippen LogP contribution in [0.15, 0.2) is 48.5 Å². The van der Waals surface area contributed by atoms with E-state index in [2.05, 4.69) is 4.90 Å². The molecule has 1 saturated heterocycles. The summed E-state index contributed by atoms with van der Waals surface area (Å²) >= 11 is 0. The Labute approximate surface area is 185 Å². The number of nitrogens with zero attached hydrogens (tertiary/aromatic N) is 2. The Morgan fingerprint density at radius 1 is 1.00 bits per heavy atom. The minimum atomic E-state index is -3.53. The second-order valence-corrected chi connectivity index (χ2v) is 9.50. The van der Waals surface area contributed by atoms with Gasteiger partial charge in [-0.3, -0.25) is 4.90 Å². The van der Waals surface area contributed by atoms with Crippen LogP contribution in [-0.2, 0) is 27.1 Å². The van der Waals surface area contributed by atoms with Gasteiger partial charge >= 0.3 is 0 Å². The van der Waals surface area contributed by atoms with Crippen molar-refractivity contribution >= 4 is 10.0 Å². The first kappa shape index (κ1) is 23.5. The van der Waals surface area contributed by atoms with E-state index in [1.807, 2.05) is 48.5 Å². The summed E-state index contributed by atoms with van der Waals surface area (Å²) in [6.45, 7) is 4.76. The fraction of sp³-hybridized carbons (Fsp3) is 0.478. The van der Waals surface area contributed by atoms with E-state index in [9.17, 15) is 8.42 Å². The number of methoxy groups -OCH3 is 2. The number of ether oxygens (including phenoxy) is 3. The van der Waals surface area contributed by atoms with E-state index in [0.29, 0.717) is 18.0 Å². The molecule has 1 aliphatic rings. The fourth-order valence-corrected chi connectivity index (χ4v) is 5.30. The van der Waals surface area contributed by atoms with Crippen molar-refractivity contribution in [1.29, 1.82) is 0 Å². The molecule has 8 heteroatoms. The van der Waals surface area contributed by atoms with Gasteiger partial charge in [-0.2, -0.15) is 4.31 Å². The van der Waals surface area contributed by atoms with Crippen molar-refractivity contribution in [3.8, 4) is 11.5 Å². The predicted octanol–water partition coefficient (Wildman–Crippen LogP) is 2.76. The normalized spacial score (nSPS) is 15.2. The molecule has 0 N–H and O–H groups in total. The van der Waals surface area contributed by atoms with Crippen molar-refractivity contribution in [3.63, 3.8) is 0 Å². The molecule has 2 aromatic rings. The number of morpholine rings is 1. The Kier molecular flexibility index (Phi) is 8.71. The standard InChI is InChI=1S/C23H32N2O5S/c1-28-22-11-6-10-21(23(22)29-2)18-25(13-7-12-24-14-16-30-17-15-24)31(26,27)19-20-8-4-3-5-9-20/h3-6,8-11H,7,12-19H2,1-2H3. The summed E-state index contributed by atoms with van der Waals surface area (Å²) in [5, 5.41) is 0. The zero-order chi connectivity index (χ0) is 22.1. The van der Waals surface area contributed by atoms with E-state index in [-0.39, 0.29) is 12.3 Å². The van der Waals surface area contributed by atoms with Gasteiger partial charge in [0.05, 0.1) is 33.2 Å². The van der Waals surface area contributed by atoms with Gasteiger partial charge in [0.1, 0.15) is 0 Å². The van der Waals surface area contributed by atoms with Gasteiger partial charge in [0.15, 0.2) is 11.5 Å². The van der Waals surface area contributed by atoms with Crippen molar-refractivity contribution < 1.29 is 22.6 Å². The van der Waals surface area contributed by atoms with E-state index in [1.54, 1.807) is 18.5 Å². The van der Waals surface area contributed by atoms with Crippen LogP contribution in [0.3, 0.4) is 0 Å². The molecule has 1 fully saturated rings. The molecule has 0 bridgehead atoms. The van der Waals surface area contributed by atoms with Crippen LogP contribution in [0.4, 0.5) is 0 Å². The van der Waals surface area contributed by atoms with E-state index >= 15 is 0 Å². The van der Waals surface area contributed by atoms with E-state index in [1.165, 1.54) is 0 Å². The molecule has 0 unspecified atom stereocenters. The molecule has 0 atom stereocenters. The first-order valence-electron chi connectivity index (χ1n) is 10.5. The smallest absolute Gasteiger partial charge is 0.218 e. The Morgan fingerprint density at radius 3 is 2.42 bits per heavy atom. The number of benzene rings is 2. The SMILES string of the molecule is COc1cccc(CN(CCCN2CCOCC2)S(=O)(=O)Cc2ccccc2)c1OC. The van der Waals surface area contributed by atoms with Crippen LogP contribution in [0.5, 0.6) is 11.5 Å². The van der Waals surface area contributed by atoms with Crippen molar-refractivity contribution in [2.24, 2.45) is 0 Å². The van der Waals surface area contributed by atoms with Gasteiger partial charge in [-0.05, 0) is 24.6 Å². The molecule has 0 spiro atoms. The molecule has 0 aromatic heterocycles. The molecule has 0 aliphatic carbocycles. The van der Waals surface area contributed by atoms with Crippen molar-refractivity contribution in [1.82, 2.24) is 9.21 Å². The molecule has 0 radical (unpaired) electrons. The van der Waals surface area contributed by atoms with Gasteiger partial charge in [-0.25, -0.2) is 8.42 Å². The Morgan fingerprint density at radius 2 is 1.74 bits per heavy atom. The minimum absolute atomic E-state index is 0.0301. The van der Waals surface area contributed by atoms with Gasteiger partial charge < -0.3 is 14.2 Å². The Bertz CT molecular complexity index is 915. The molecule has 1 heterocycles. The average Bonchev–Trinajstić information content (AvgIpc) is 2.79. The highest BCUT2D eigenvalue weighted by Gasteiger charge is 2.25. The summed E-state index contributed by atoms with van der Waals surface area (Å²) in [5.74, 6) is 1.13. The molecule has 3 rings (SSSR count). The van der Waals surface area contributed by atoms with Crippen LogP contribution >= 0.6 is 0 Å². The van der Waals surface area contributed by atoms with Crippen LogP contribution in [0.2, 0.25) is 0 Å². The maximum Gasteiger partial charge on any atom is 0.218 e. The zero-order valence-electron chi connectivity index (χ0n) is 18.3. The summed E-state index contributed by atoms with van der Waals surface area (Å²) in [6, 6.07) is 14.8. The highest BCUT2D eigenvalue weighted by atomic mass is 32.2. The second-order valence-electron chi connectivity index (χ2n) is 7.54. The third-order valence-electron chi connectivity index (χ3n) is 5.40. The summed E-state index contributed by atoms with van der Waals surface area (Å²) in [5.41, 5.74) is 1.56. The summed E-state index contributed by atoms with van der Waals surface area (Å²) < 4.78 is 44.6. The molecular weight excluding hydrogens is 416 g/mol. The van der Waals surface area contributed by atoms with Crippen LogP contribution < -0.4 is 9.47 Å². The molecular formula is C23H32N2O5S. The number of hydrogen-bond donors (Lipinski definition) is 0. The van der Waals surface area contributed by atoms with E-state index < -0.39 is 10.0 Å². The fourth-order valence-electron chi connectivity index (χ4n) is 3.76.